The third-order valence-electron chi connectivity index (χ3n) is 2.32. The van der Waals surface area contributed by atoms with Crippen molar-refractivity contribution < 1.29 is 5.11 Å². The summed E-state index contributed by atoms with van der Waals surface area (Å²) in [6, 6.07) is 3.76. The predicted octanol–water partition coefficient (Wildman–Crippen LogP) is 1.21. The molecule has 2 rings (SSSR count). The van der Waals surface area contributed by atoms with E-state index in [1.165, 1.54) is 0 Å². The maximum Gasteiger partial charge on any atom is 0.153 e. The van der Waals surface area contributed by atoms with Crippen LogP contribution in [0.4, 0.5) is 0 Å². The Morgan fingerprint density at radius 3 is 2.73 bits per heavy atom. The van der Waals surface area contributed by atoms with Crippen molar-refractivity contribution in [3.63, 3.8) is 0 Å². The van der Waals surface area contributed by atoms with Gasteiger partial charge in [0.25, 0.3) is 0 Å². The number of pyridine rings is 1. The van der Waals surface area contributed by atoms with Crippen LogP contribution in [0.5, 0.6) is 0 Å². The third kappa shape index (κ3) is 1.89. The zero-order chi connectivity index (χ0) is 10.8. The van der Waals surface area contributed by atoms with Crippen LogP contribution in [0, 0.1) is 6.92 Å². The van der Waals surface area contributed by atoms with Crippen LogP contribution in [0.1, 0.15) is 23.2 Å². The zero-order valence-corrected chi connectivity index (χ0v) is 8.75. The molecular formula is C11H13N3O. The first kappa shape index (κ1) is 9.86. The van der Waals surface area contributed by atoms with Gasteiger partial charge < -0.3 is 9.67 Å². The summed E-state index contributed by atoms with van der Waals surface area (Å²) in [5.41, 5.74) is 1.71. The maximum absolute atomic E-state index is 10.0. The first-order valence-corrected chi connectivity index (χ1v) is 4.76. The van der Waals surface area contributed by atoms with Crippen LogP contribution >= 0.6 is 0 Å². The average molecular weight is 203 g/mol. The molecule has 0 bridgehead atoms. The SMILES string of the molecule is Cc1ccnc(C(O)c2nccn2C)c1. The molecule has 0 spiro atoms. The predicted molar refractivity (Wildman–Crippen MR) is 56.2 cm³/mol. The number of hydrogen-bond acceptors (Lipinski definition) is 3. The number of rotatable bonds is 2. The van der Waals surface area contributed by atoms with Gasteiger partial charge in [0.15, 0.2) is 6.10 Å². The summed E-state index contributed by atoms with van der Waals surface area (Å²) in [5, 5.41) is 10.0. The standard InChI is InChI=1S/C11H13N3O/c1-8-3-4-12-9(7-8)10(15)11-13-5-6-14(11)2/h3-7,10,15H,1-2H3. The lowest BCUT2D eigenvalue weighted by molar-refractivity contribution is 0.201. The van der Waals surface area contributed by atoms with Crippen molar-refractivity contribution in [1.29, 1.82) is 0 Å². The molecule has 1 atom stereocenters. The third-order valence-corrected chi connectivity index (χ3v) is 2.32. The average Bonchev–Trinajstić information content (AvgIpc) is 2.63. The van der Waals surface area contributed by atoms with Crippen LogP contribution in [-0.2, 0) is 7.05 Å². The van der Waals surface area contributed by atoms with Crippen molar-refractivity contribution in [3.05, 3.63) is 47.8 Å². The maximum atomic E-state index is 10.0. The minimum absolute atomic E-state index is 0.605. The monoisotopic (exact) mass is 203 g/mol. The number of aliphatic hydroxyl groups excluding tert-OH is 1. The Bertz CT molecular complexity index is 464. The fraction of sp³-hybridized carbons (Fsp3) is 0.273. The van der Waals surface area contributed by atoms with E-state index in [9.17, 15) is 5.11 Å². The van der Waals surface area contributed by atoms with Gasteiger partial charge in [-0.25, -0.2) is 4.98 Å². The number of nitrogens with zero attached hydrogens (tertiary/aromatic N) is 3. The Morgan fingerprint density at radius 1 is 1.33 bits per heavy atom. The van der Waals surface area contributed by atoms with Crippen LogP contribution in [0.15, 0.2) is 30.7 Å². The van der Waals surface area contributed by atoms with E-state index in [0.717, 1.165) is 5.56 Å². The van der Waals surface area contributed by atoms with Crippen LogP contribution in [0.25, 0.3) is 0 Å². The highest BCUT2D eigenvalue weighted by atomic mass is 16.3. The molecule has 4 nitrogen and oxygen atoms in total. The molecule has 0 aromatic carbocycles. The molecule has 0 aliphatic rings. The molecule has 2 aromatic heterocycles. The minimum atomic E-state index is -0.759. The van der Waals surface area contributed by atoms with Gasteiger partial charge in [-0.3, -0.25) is 4.98 Å². The molecule has 1 N–H and O–H groups in total. The summed E-state index contributed by atoms with van der Waals surface area (Å²) in [6.07, 6.45) is 4.39. The van der Waals surface area contributed by atoms with Gasteiger partial charge in [-0.1, -0.05) is 0 Å². The highest BCUT2D eigenvalue weighted by Crippen LogP contribution is 2.18. The highest BCUT2D eigenvalue weighted by Gasteiger charge is 2.15. The van der Waals surface area contributed by atoms with Gasteiger partial charge in [-0.2, -0.15) is 0 Å². The van der Waals surface area contributed by atoms with Crippen LogP contribution in [0.2, 0.25) is 0 Å². The van der Waals surface area contributed by atoms with Crippen LogP contribution in [0.3, 0.4) is 0 Å². The molecule has 2 heterocycles. The molecule has 0 aliphatic heterocycles. The summed E-state index contributed by atoms with van der Waals surface area (Å²) < 4.78 is 1.79. The fourth-order valence-electron chi connectivity index (χ4n) is 1.48. The second-order valence-corrected chi connectivity index (χ2v) is 3.56. The van der Waals surface area contributed by atoms with Gasteiger partial charge in [-0.05, 0) is 24.6 Å². The van der Waals surface area contributed by atoms with Gasteiger partial charge in [0.05, 0.1) is 5.69 Å². The largest absolute Gasteiger partial charge is 0.379 e. The van der Waals surface area contributed by atoms with E-state index in [1.807, 2.05) is 26.1 Å². The molecule has 4 heteroatoms. The van der Waals surface area contributed by atoms with E-state index in [-0.39, 0.29) is 0 Å². The van der Waals surface area contributed by atoms with Crippen molar-refractivity contribution in [2.45, 2.75) is 13.0 Å². The second kappa shape index (κ2) is 3.82. The Balaban J connectivity index is 2.36. The van der Waals surface area contributed by atoms with Gasteiger partial charge in [0.2, 0.25) is 0 Å². The minimum Gasteiger partial charge on any atom is -0.379 e. The van der Waals surface area contributed by atoms with E-state index in [1.54, 1.807) is 23.2 Å². The first-order valence-electron chi connectivity index (χ1n) is 4.76. The van der Waals surface area contributed by atoms with Gasteiger partial charge in [0.1, 0.15) is 5.82 Å². The highest BCUT2D eigenvalue weighted by molar-refractivity contribution is 5.20. The number of aryl methyl sites for hydroxylation is 2. The summed E-state index contributed by atoms with van der Waals surface area (Å²) in [5.74, 6) is 0.605. The van der Waals surface area contributed by atoms with Gasteiger partial charge in [0, 0.05) is 25.6 Å². The summed E-state index contributed by atoms with van der Waals surface area (Å²) in [6.45, 7) is 1.97. The Morgan fingerprint density at radius 2 is 2.13 bits per heavy atom. The Kier molecular flexibility index (Phi) is 2.51. The molecule has 15 heavy (non-hydrogen) atoms. The zero-order valence-electron chi connectivity index (χ0n) is 8.75. The molecule has 0 fully saturated rings. The molecule has 0 saturated carbocycles. The van der Waals surface area contributed by atoms with Gasteiger partial charge in [-0.15, -0.1) is 0 Å². The lowest BCUT2D eigenvalue weighted by Crippen LogP contribution is -2.08. The first-order chi connectivity index (χ1) is 7.18. The van der Waals surface area contributed by atoms with Crippen LogP contribution < -0.4 is 0 Å². The second-order valence-electron chi connectivity index (χ2n) is 3.56. The molecule has 78 valence electrons. The van der Waals surface area contributed by atoms with Crippen molar-refractivity contribution in [2.24, 2.45) is 7.05 Å². The van der Waals surface area contributed by atoms with E-state index in [4.69, 9.17) is 0 Å². The molecule has 0 aliphatic carbocycles. The van der Waals surface area contributed by atoms with Crippen molar-refractivity contribution in [1.82, 2.24) is 14.5 Å². The quantitative estimate of drug-likeness (QED) is 0.798. The van der Waals surface area contributed by atoms with Crippen molar-refractivity contribution in [3.8, 4) is 0 Å². The Hall–Kier alpha value is -1.68. The van der Waals surface area contributed by atoms with E-state index in [2.05, 4.69) is 9.97 Å². The van der Waals surface area contributed by atoms with E-state index >= 15 is 0 Å². The molecular weight excluding hydrogens is 190 g/mol. The summed E-state index contributed by atoms with van der Waals surface area (Å²) in [4.78, 5) is 8.23. The smallest absolute Gasteiger partial charge is 0.153 e. The number of hydrogen-bond donors (Lipinski definition) is 1. The number of aliphatic hydroxyl groups is 1. The fourth-order valence-corrected chi connectivity index (χ4v) is 1.48. The van der Waals surface area contributed by atoms with Crippen LogP contribution in [-0.4, -0.2) is 19.6 Å². The number of aromatic nitrogens is 3. The molecule has 2 aromatic rings. The van der Waals surface area contributed by atoms with Crippen molar-refractivity contribution >= 4 is 0 Å². The van der Waals surface area contributed by atoms with Crippen molar-refractivity contribution in [2.75, 3.05) is 0 Å². The molecule has 1 unspecified atom stereocenters. The van der Waals surface area contributed by atoms with Gasteiger partial charge >= 0.3 is 0 Å². The normalized spacial score (nSPS) is 12.7. The topological polar surface area (TPSA) is 50.9 Å². The van der Waals surface area contributed by atoms with E-state index in [0.29, 0.717) is 11.5 Å². The van der Waals surface area contributed by atoms with E-state index < -0.39 is 6.10 Å². The summed E-state index contributed by atoms with van der Waals surface area (Å²) in [7, 11) is 1.85. The summed E-state index contributed by atoms with van der Waals surface area (Å²) >= 11 is 0. The lowest BCUT2D eigenvalue weighted by Gasteiger charge is -2.10. The number of imidazole rings is 1. The lowest BCUT2D eigenvalue weighted by atomic mass is 10.1. The Labute approximate surface area is 88.2 Å². The molecule has 0 amide bonds. The molecule has 0 saturated heterocycles. The molecule has 0 radical (unpaired) electrons.